The normalized spacial score (nSPS) is 13.9. The SMILES string of the molecule is COC(=O)c1cccc2c1CCCN2C(=O)c1ccc(C(F)(F)F)nc1. The third-order valence-corrected chi connectivity index (χ3v) is 4.20. The van der Waals surface area contributed by atoms with Crippen LogP contribution in [0.15, 0.2) is 36.5 Å². The zero-order valence-corrected chi connectivity index (χ0v) is 13.8. The molecule has 0 N–H and O–H groups in total. The lowest BCUT2D eigenvalue weighted by molar-refractivity contribution is -0.141. The summed E-state index contributed by atoms with van der Waals surface area (Å²) in [5, 5.41) is 0. The number of rotatable bonds is 2. The first-order chi connectivity index (χ1) is 12.3. The first-order valence-electron chi connectivity index (χ1n) is 7.88. The predicted octanol–water partition coefficient (Wildman–Crippen LogP) is 3.48. The van der Waals surface area contributed by atoms with E-state index in [1.54, 1.807) is 18.2 Å². The number of esters is 1. The second-order valence-electron chi connectivity index (χ2n) is 5.79. The molecular formula is C18H15F3N2O3. The summed E-state index contributed by atoms with van der Waals surface area (Å²) >= 11 is 0. The highest BCUT2D eigenvalue weighted by Crippen LogP contribution is 2.32. The number of benzene rings is 1. The van der Waals surface area contributed by atoms with Crippen LogP contribution in [0.25, 0.3) is 0 Å². The van der Waals surface area contributed by atoms with E-state index in [0.717, 1.165) is 18.3 Å². The number of ether oxygens (including phenoxy) is 1. The summed E-state index contributed by atoms with van der Waals surface area (Å²) in [6.07, 6.45) is -2.41. The van der Waals surface area contributed by atoms with Crippen molar-refractivity contribution in [3.8, 4) is 0 Å². The molecular weight excluding hydrogens is 349 g/mol. The Kier molecular flexibility index (Phi) is 4.67. The Morgan fingerprint density at radius 1 is 1.19 bits per heavy atom. The minimum Gasteiger partial charge on any atom is -0.465 e. The van der Waals surface area contributed by atoms with Crippen LogP contribution in [0, 0.1) is 0 Å². The number of anilines is 1. The fourth-order valence-corrected chi connectivity index (χ4v) is 2.98. The van der Waals surface area contributed by atoms with Gasteiger partial charge in [-0.25, -0.2) is 4.79 Å². The lowest BCUT2D eigenvalue weighted by Gasteiger charge is -2.30. The maximum Gasteiger partial charge on any atom is 0.433 e. The van der Waals surface area contributed by atoms with Crippen molar-refractivity contribution in [1.29, 1.82) is 0 Å². The fraction of sp³-hybridized carbons (Fsp3) is 0.278. The van der Waals surface area contributed by atoms with Crippen molar-refractivity contribution < 1.29 is 27.5 Å². The maximum absolute atomic E-state index is 12.8. The van der Waals surface area contributed by atoms with Crippen LogP contribution in [0.4, 0.5) is 18.9 Å². The first-order valence-corrected chi connectivity index (χ1v) is 7.88. The summed E-state index contributed by atoms with van der Waals surface area (Å²) in [5.41, 5.74) is 0.631. The van der Waals surface area contributed by atoms with E-state index < -0.39 is 23.7 Å². The average molecular weight is 364 g/mol. The Morgan fingerprint density at radius 2 is 1.96 bits per heavy atom. The molecule has 0 atom stereocenters. The molecule has 0 saturated carbocycles. The van der Waals surface area contributed by atoms with Crippen molar-refractivity contribution in [3.05, 3.63) is 58.9 Å². The summed E-state index contributed by atoms with van der Waals surface area (Å²) < 4.78 is 42.6. The predicted molar refractivity (Wildman–Crippen MR) is 87.0 cm³/mol. The number of carbonyl (C=O) groups is 2. The highest BCUT2D eigenvalue weighted by molar-refractivity contribution is 6.07. The van der Waals surface area contributed by atoms with Crippen molar-refractivity contribution in [2.24, 2.45) is 0 Å². The van der Waals surface area contributed by atoms with Crippen LogP contribution in [-0.4, -0.2) is 30.5 Å². The second-order valence-corrected chi connectivity index (χ2v) is 5.79. The molecule has 1 aliphatic rings. The van der Waals surface area contributed by atoms with Gasteiger partial charge in [0, 0.05) is 18.4 Å². The van der Waals surface area contributed by atoms with E-state index in [1.807, 2.05) is 0 Å². The lowest BCUT2D eigenvalue weighted by Crippen LogP contribution is -2.36. The standard InChI is InChI=1S/C18H15F3N2O3/c1-26-17(25)13-4-2-6-14-12(13)5-3-9-23(14)16(24)11-7-8-15(22-10-11)18(19,20)21/h2,4,6-8,10H,3,5,9H2,1H3. The molecule has 136 valence electrons. The Morgan fingerprint density at radius 3 is 2.58 bits per heavy atom. The average Bonchev–Trinajstić information content (AvgIpc) is 2.65. The molecule has 2 heterocycles. The number of nitrogens with zero attached hydrogens (tertiary/aromatic N) is 2. The fourth-order valence-electron chi connectivity index (χ4n) is 2.98. The van der Waals surface area contributed by atoms with E-state index in [2.05, 4.69) is 4.98 Å². The summed E-state index contributed by atoms with van der Waals surface area (Å²) in [6, 6.07) is 6.86. The molecule has 0 bridgehead atoms. The Hall–Kier alpha value is -2.90. The quantitative estimate of drug-likeness (QED) is 0.766. The van der Waals surface area contributed by atoms with Crippen LogP contribution in [0.5, 0.6) is 0 Å². The van der Waals surface area contributed by atoms with Crippen LogP contribution >= 0.6 is 0 Å². The molecule has 1 aromatic heterocycles. The number of halogens is 3. The third kappa shape index (κ3) is 3.26. The van der Waals surface area contributed by atoms with Gasteiger partial charge in [0.2, 0.25) is 0 Å². The molecule has 1 aromatic carbocycles. The molecule has 26 heavy (non-hydrogen) atoms. The highest BCUT2D eigenvalue weighted by atomic mass is 19.4. The first kappa shape index (κ1) is 17.9. The van der Waals surface area contributed by atoms with Crippen LogP contribution in [0.2, 0.25) is 0 Å². The number of aromatic nitrogens is 1. The van der Waals surface area contributed by atoms with Gasteiger partial charge in [-0.05, 0) is 42.7 Å². The minimum absolute atomic E-state index is 0.0503. The van der Waals surface area contributed by atoms with Crippen LogP contribution in [0.1, 0.15) is 38.4 Å². The van der Waals surface area contributed by atoms with Gasteiger partial charge in [0.05, 0.1) is 18.2 Å². The number of methoxy groups -OCH3 is 1. The molecule has 0 spiro atoms. The van der Waals surface area contributed by atoms with E-state index in [-0.39, 0.29) is 5.56 Å². The summed E-state index contributed by atoms with van der Waals surface area (Å²) in [6.45, 7) is 0.400. The van der Waals surface area contributed by atoms with Crippen molar-refractivity contribution in [3.63, 3.8) is 0 Å². The number of carbonyl (C=O) groups excluding carboxylic acids is 2. The maximum atomic E-state index is 12.8. The van der Waals surface area contributed by atoms with Crippen molar-refractivity contribution >= 4 is 17.6 Å². The zero-order valence-electron chi connectivity index (χ0n) is 13.8. The van der Waals surface area contributed by atoms with E-state index in [1.165, 1.54) is 12.0 Å². The molecule has 8 heteroatoms. The summed E-state index contributed by atoms with van der Waals surface area (Å²) in [4.78, 5) is 29.5. The molecule has 5 nitrogen and oxygen atoms in total. The molecule has 1 amide bonds. The summed E-state index contributed by atoms with van der Waals surface area (Å²) in [7, 11) is 1.28. The molecule has 1 aliphatic heterocycles. The second kappa shape index (κ2) is 6.78. The summed E-state index contributed by atoms with van der Waals surface area (Å²) in [5.74, 6) is -0.957. The molecule has 3 rings (SSSR count). The van der Waals surface area contributed by atoms with Gasteiger partial charge in [-0.15, -0.1) is 0 Å². The van der Waals surface area contributed by atoms with E-state index in [0.29, 0.717) is 36.2 Å². The van der Waals surface area contributed by atoms with E-state index in [4.69, 9.17) is 4.74 Å². The Bertz CT molecular complexity index is 848. The monoisotopic (exact) mass is 364 g/mol. The Labute approximate surface area is 147 Å². The van der Waals surface area contributed by atoms with Crippen molar-refractivity contribution in [1.82, 2.24) is 4.98 Å². The largest absolute Gasteiger partial charge is 0.465 e. The Balaban J connectivity index is 1.94. The zero-order chi connectivity index (χ0) is 18.9. The van der Waals surface area contributed by atoms with E-state index >= 15 is 0 Å². The number of amides is 1. The van der Waals surface area contributed by atoms with Gasteiger partial charge < -0.3 is 9.64 Å². The number of fused-ring (bicyclic) bond motifs is 1. The van der Waals surface area contributed by atoms with Gasteiger partial charge in [-0.3, -0.25) is 9.78 Å². The minimum atomic E-state index is -4.56. The number of pyridine rings is 1. The molecule has 0 radical (unpaired) electrons. The van der Waals surface area contributed by atoms with Crippen LogP contribution in [0.3, 0.4) is 0 Å². The van der Waals surface area contributed by atoms with E-state index in [9.17, 15) is 22.8 Å². The van der Waals surface area contributed by atoms with Gasteiger partial charge in [-0.1, -0.05) is 6.07 Å². The third-order valence-electron chi connectivity index (χ3n) is 4.20. The van der Waals surface area contributed by atoms with Crippen LogP contribution < -0.4 is 4.90 Å². The van der Waals surface area contributed by atoms with Gasteiger partial charge >= 0.3 is 12.1 Å². The highest BCUT2D eigenvalue weighted by Gasteiger charge is 2.33. The number of hydrogen-bond donors (Lipinski definition) is 0. The molecule has 0 aliphatic carbocycles. The molecule has 0 saturated heterocycles. The smallest absolute Gasteiger partial charge is 0.433 e. The molecule has 0 unspecified atom stereocenters. The number of hydrogen-bond acceptors (Lipinski definition) is 4. The topological polar surface area (TPSA) is 59.5 Å². The molecule has 0 fully saturated rings. The number of alkyl halides is 3. The van der Waals surface area contributed by atoms with Crippen molar-refractivity contribution in [2.45, 2.75) is 19.0 Å². The van der Waals surface area contributed by atoms with Gasteiger partial charge in [0.25, 0.3) is 5.91 Å². The van der Waals surface area contributed by atoms with Gasteiger partial charge in [-0.2, -0.15) is 13.2 Å². The molecule has 2 aromatic rings. The lowest BCUT2D eigenvalue weighted by atomic mass is 9.95. The van der Waals surface area contributed by atoms with Crippen molar-refractivity contribution in [2.75, 3.05) is 18.6 Å². The van der Waals surface area contributed by atoms with Gasteiger partial charge in [0.15, 0.2) is 0 Å². The van der Waals surface area contributed by atoms with Crippen LogP contribution in [-0.2, 0) is 17.3 Å². The van der Waals surface area contributed by atoms with Gasteiger partial charge in [0.1, 0.15) is 5.69 Å².